The highest BCUT2D eigenvalue weighted by molar-refractivity contribution is 6.06. The number of anilines is 1. The van der Waals surface area contributed by atoms with Crippen LogP contribution in [0.1, 0.15) is 65.8 Å². The van der Waals surface area contributed by atoms with Crippen LogP contribution in [0, 0.1) is 0 Å². The second-order valence-corrected chi connectivity index (χ2v) is 12.5. The lowest BCUT2D eigenvalue weighted by Crippen LogP contribution is -2.53. The van der Waals surface area contributed by atoms with Crippen molar-refractivity contribution in [3.8, 4) is 0 Å². The van der Waals surface area contributed by atoms with Crippen molar-refractivity contribution < 1.29 is 9.59 Å². The van der Waals surface area contributed by atoms with Crippen molar-refractivity contribution in [2.75, 3.05) is 25.0 Å². The van der Waals surface area contributed by atoms with Crippen LogP contribution in [0.2, 0.25) is 0 Å². The van der Waals surface area contributed by atoms with Crippen molar-refractivity contribution in [1.82, 2.24) is 15.2 Å². The maximum Gasteiger partial charge on any atom is 0.237 e. The average Bonchev–Trinajstić information content (AvgIpc) is 3.69. The number of nitrogens with zero attached hydrogens (tertiary/aromatic N) is 3. The van der Waals surface area contributed by atoms with Crippen molar-refractivity contribution in [2.24, 2.45) is 4.99 Å². The van der Waals surface area contributed by atoms with Gasteiger partial charge in [-0.25, -0.2) is 4.98 Å². The SMILES string of the molecule is C=Nc1cc2c(cc1/C=C/CN1CC(c3ccccc3)CNC3(CCCC3)CC1=O)CC1(C2)C(=O)Nc2ncccc21. The van der Waals surface area contributed by atoms with Crippen LogP contribution in [0.25, 0.3) is 6.08 Å². The lowest BCUT2D eigenvalue weighted by Gasteiger charge is -2.39. The molecule has 1 saturated carbocycles. The number of pyridine rings is 1. The second kappa shape index (κ2) is 10.6. The van der Waals surface area contributed by atoms with Crippen LogP contribution in [-0.4, -0.2) is 53.6 Å². The molecule has 0 bridgehead atoms. The summed E-state index contributed by atoms with van der Waals surface area (Å²) in [4.78, 5) is 37.6. The molecule has 1 aromatic heterocycles. The van der Waals surface area contributed by atoms with Gasteiger partial charge in [-0.05, 0) is 67.3 Å². The molecular formula is C35H37N5O2. The highest BCUT2D eigenvalue weighted by atomic mass is 16.2. The molecule has 2 unspecified atom stereocenters. The number of benzene rings is 2. The van der Waals surface area contributed by atoms with E-state index < -0.39 is 5.41 Å². The van der Waals surface area contributed by atoms with E-state index in [2.05, 4.69) is 75.9 Å². The normalized spacial score (nSPS) is 24.6. The minimum absolute atomic E-state index is 0.00990. The van der Waals surface area contributed by atoms with E-state index in [-0.39, 0.29) is 23.3 Å². The molecule has 7 heteroatoms. The van der Waals surface area contributed by atoms with Gasteiger partial charge in [0.05, 0.1) is 11.1 Å². The third-order valence-corrected chi connectivity index (χ3v) is 9.95. The van der Waals surface area contributed by atoms with Gasteiger partial charge in [-0.2, -0.15) is 0 Å². The van der Waals surface area contributed by atoms with Gasteiger partial charge in [0.1, 0.15) is 5.82 Å². The minimum Gasteiger partial charge on any atom is -0.338 e. The molecule has 2 aliphatic carbocycles. The van der Waals surface area contributed by atoms with E-state index in [1.54, 1.807) is 6.20 Å². The molecule has 42 heavy (non-hydrogen) atoms. The Balaban J connectivity index is 1.13. The van der Waals surface area contributed by atoms with Crippen molar-refractivity contribution in [3.63, 3.8) is 0 Å². The number of fused-ring (bicyclic) bond motifs is 3. The van der Waals surface area contributed by atoms with E-state index in [1.165, 1.54) is 18.4 Å². The highest BCUT2D eigenvalue weighted by Crippen LogP contribution is 2.47. The zero-order valence-electron chi connectivity index (χ0n) is 23.9. The van der Waals surface area contributed by atoms with Gasteiger partial charge in [0.25, 0.3) is 0 Å². The first-order valence-electron chi connectivity index (χ1n) is 15.1. The van der Waals surface area contributed by atoms with E-state index in [0.29, 0.717) is 38.2 Å². The van der Waals surface area contributed by atoms with Gasteiger partial charge in [-0.15, -0.1) is 0 Å². The van der Waals surface area contributed by atoms with Crippen LogP contribution in [-0.2, 0) is 27.8 Å². The Kier molecular flexibility index (Phi) is 6.77. The molecule has 3 heterocycles. The first-order valence-corrected chi connectivity index (χ1v) is 15.1. The van der Waals surface area contributed by atoms with Gasteiger partial charge < -0.3 is 15.5 Å². The van der Waals surface area contributed by atoms with E-state index in [0.717, 1.165) is 47.3 Å². The van der Waals surface area contributed by atoms with Crippen LogP contribution in [0.4, 0.5) is 11.5 Å². The fourth-order valence-electron chi connectivity index (χ4n) is 7.67. The summed E-state index contributed by atoms with van der Waals surface area (Å²) in [6.45, 7) is 5.92. The third kappa shape index (κ3) is 4.66. The summed E-state index contributed by atoms with van der Waals surface area (Å²) < 4.78 is 0. The zero-order chi connectivity index (χ0) is 28.7. The van der Waals surface area contributed by atoms with E-state index >= 15 is 0 Å². The Labute approximate surface area is 247 Å². The van der Waals surface area contributed by atoms with Crippen molar-refractivity contribution >= 4 is 36.1 Å². The number of aromatic nitrogens is 1. The molecule has 0 radical (unpaired) electrons. The molecule has 2 atom stereocenters. The fourth-order valence-corrected chi connectivity index (χ4v) is 7.67. The summed E-state index contributed by atoms with van der Waals surface area (Å²) in [7, 11) is 0. The van der Waals surface area contributed by atoms with E-state index in [4.69, 9.17) is 0 Å². The summed E-state index contributed by atoms with van der Waals surface area (Å²) >= 11 is 0. The summed E-state index contributed by atoms with van der Waals surface area (Å²) in [6.07, 6.45) is 12.1. The fraction of sp³-hybridized carbons (Fsp3) is 0.371. The van der Waals surface area contributed by atoms with Crippen LogP contribution in [0.5, 0.6) is 0 Å². The van der Waals surface area contributed by atoms with Gasteiger partial charge in [0.15, 0.2) is 0 Å². The molecule has 3 aromatic rings. The van der Waals surface area contributed by atoms with Gasteiger partial charge in [-0.1, -0.05) is 61.4 Å². The number of nitrogens with one attached hydrogen (secondary N) is 2. The maximum absolute atomic E-state index is 13.7. The Morgan fingerprint density at radius 2 is 1.81 bits per heavy atom. The number of rotatable bonds is 5. The van der Waals surface area contributed by atoms with Crippen molar-refractivity contribution in [2.45, 2.75) is 61.8 Å². The zero-order valence-corrected chi connectivity index (χ0v) is 23.9. The quantitative estimate of drug-likeness (QED) is 0.414. The monoisotopic (exact) mass is 559 g/mol. The van der Waals surface area contributed by atoms with Crippen molar-refractivity contribution in [1.29, 1.82) is 0 Å². The minimum atomic E-state index is -0.625. The maximum atomic E-state index is 13.7. The Hall–Kier alpha value is -4.10. The number of amides is 2. The largest absolute Gasteiger partial charge is 0.338 e. The van der Waals surface area contributed by atoms with Crippen LogP contribution in [0.3, 0.4) is 0 Å². The lowest BCUT2D eigenvalue weighted by atomic mass is 9.79. The highest BCUT2D eigenvalue weighted by Gasteiger charge is 2.51. The number of carbonyl (C=O) groups excluding carboxylic acids is 2. The molecular weight excluding hydrogens is 522 g/mol. The first kappa shape index (κ1) is 26.8. The summed E-state index contributed by atoms with van der Waals surface area (Å²) in [6, 6.07) is 18.7. The van der Waals surface area contributed by atoms with Gasteiger partial charge in [0.2, 0.25) is 11.8 Å². The standard InChI is InChI=1S/C35H37N5O2/c1-36-30-18-27-20-35(29-12-7-15-37-32(29)39-33(35)42)19-26(27)17-25(30)11-8-16-40-23-28(24-9-3-2-4-10-24)22-38-34(21-31(40)41)13-5-6-14-34/h2-4,7-12,15,17-18,28,38H,1,5-6,13-14,16,19-23H2,(H,37,39,42)/b11-8+. The topological polar surface area (TPSA) is 86.7 Å². The second-order valence-electron chi connectivity index (χ2n) is 12.5. The molecule has 4 aliphatic rings. The molecule has 214 valence electrons. The number of carbonyl (C=O) groups is 2. The van der Waals surface area contributed by atoms with Gasteiger partial charge in [-0.3, -0.25) is 14.6 Å². The summed E-state index contributed by atoms with van der Waals surface area (Å²) in [5.74, 6) is 1.12. The predicted molar refractivity (Wildman–Crippen MR) is 166 cm³/mol. The molecule has 2 fully saturated rings. The molecule has 7 nitrogen and oxygen atoms in total. The van der Waals surface area contributed by atoms with Crippen LogP contribution in [0.15, 0.2) is 71.9 Å². The smallest absolute Gasteiger partial charge is 0.237 e. The molecule has 2 aliphatic heterocycles. The van der Waals surface area contributed by atoms with E-state index in [1.807, 2.05) is 23.1 Å². The molecule has 2 amide bonds. The summed E-state index contributed by atoms with van der Waals surface area (Å²) in [5.41, 5.74) is 5.55. The van der Waals surface area contributed by atoms with Gasteiger partial charge in [0, 0.05) is 54.8 Å². The lowest BCUT2D eigenvalue weighted by molar-refractivity contribution is -0.133. The number of aliphatic imine (C=N–C) groups is 1. The number of hydrogen-bond donors (Lipinski definition) is 2. The van der Waals surface area contributed by atoms with Crippen molar-refractivity contribution in [3.05, 3.63) is 94.7 Å². The van der Waals surface area contributed by atoms with Crippen LogP contribution < -0.4 is 10.6 Å². The van der Waals surface area contributed by atoms with Crippen LogP contribution >= 0.6 is 0 Å². The van der Waals surface area contributed by atoms with Gasteiger partial charge >= 0.3 is 0 Å². The molecule has 2 aromatic carbocycles. The Morgan fingerprint density at radius 3 is 2.60 bits per heavy atom. The average molecular weight is 560 g/mol. The Morgan fingerprint density at radius 1 is 1.02 bits per heavy atom. The summed E-state index contributed by atoms with van der Waals surface area (Å²) in [5, 5.41) is 6.81. The first-order chi connectivity index (χ1) is 20.5. The third-order valence-electron chi connectivity index (χ3n) is 9.95. The van der Waals surface area contributed by atoms with E-state index in [9.17, 15) is 9.59 Å². The predicted octanol–water partition coefficient (Wildman–Crippen LogP) is 5.33. The molecule has 7 rings (SSSR count). The molecule has 2 N–H and O–H groups in total. The Bertz CT molecular complexity index is 1580. The number of hydrogen-bond acceptors (Lipinski definition) is 5. The molecule has 2 spiro atoms. The molecule has 1 saturated heterocycles.